The molecule has 18 heavy (non-hydrogen) atoms. The number of amides is 1. The summed E-state index contributed by atoms with van der Waals surface area (Å²) < 4.78 is 5.44. The van der Waals surface area contributed by atoms with Gasteiger partial charge in [-0.15, -0.1) is 0 Å². The van der Waals surface area contributed by atoms with Crippen molar-refractivity contribution in [3.8, 4) is 5.75 Å². The lowest BCUT2D eigenvalue weighted by Gasteiger charge is -2.28. The summed E-state index contributed by atoms with van der Waals surface area (Å²) in [6.45, 7) is 6.51. The molecule has 1 rings (SSSR count). The summed E-state index contributed by atoms with van der Waals surface area (Å²) in [5, 5.41) is 3.42. The van der Waals surface area contributed by atoms with Crippen LogP contribution >= 0.6 is 27.5 Å². The maximum atomic E-state index is 11.0. The van der Waals surface area contributed by atoms with E-state index in [-0.39, 0.29) is 10.2 Å². The van der Waals surface area contributed by atoms with Gasteiger partial charge in [0.25, 0.3) is 4.82 Å². The summed E-state index contributed by atoms with van der Waals surface area (Å²) in [6.07, 6.45) is 0. The molecule has 1 N–H and O–H groups in total. The number of benzene rings is 1. The summed E-state index contributed by atoms with van der Waals surface area (Å²) in [5.74, 6) is 0.813. The molecule has 0 aromatic heterocycles. The number of carbonyl (C=O) groups is 1. The van der Waals surface area contributed by atoms with E-state index < -0.39 is 0 Å². The molecule has 0 bridgehead atoms. The van der Waals surface area contributed by atoms with E-state index in [1.807, 2.05) is 32.9 Å². The Labute approximate surface area is 121 Å². The molecule has 1 aromatic rings. The Morgan fingerprint density at radius 3 is 2.61 bits per heavy atom. The van der Waals surface area contributed by atoms with E-state index in [4.69, 9.17) is 16.3 Å². The summed E-state index contributed by atoms with van der Waals surface area (Å²) in [6, 6.07) is 3.75. The molecule has 0 unspecified atom stereocenters. The number of ether oxygens (including phenoxy) is 1. The van der Waals surface area contributed by atoms with Crippen molar-refractivity contribution in [2.75, 3.05) is 13.7 Å². The highest BCUT2D eigenvalue weighted by atomic mass is 79.9. The minimum atomic E-state index is -0.273. The molecule has 100 valence electrons. The fraction of sp³-hybridized carbons (Fsp3) is 0.462. The molecule has 0 fully saturated rings. The molecule has 1 aromatic carbocycles. The number of aryl methyl sites for hydroxylation is 1. The molecule has 3 nitrogen and oxygen atoms in total. The molecule has 0 aliphatic rings. The lowest BCUT2D eigenvalue weighted by Crippen LogP contribution is -2.34. The Hall–Kier alpha value is -0.740. The summed E-state index contributed by atoms with van der Waals surface area (Å²) in [5.41, 5.74) is 1.69. The van der Waals surface area contributed by atoms with Crippen LogP contribution in [-0.2, 0) is 5.41 Å². The second-order valence-corrected chi connectivity index (χ2v) is 5.97. The van der Waals surface area contributed by atoms with E-state index >= 15 is 0 Å². The highest BCUT2D eigenvalue weighted by Gasteiger charge is 2.26. The van der Waals surface area contributed by atoms with Crippen molar-refractivity contribution < 1.29 is 9.53 Å². The average molecular weight is 335 g/mol. The minimum Gasteiger partial charge on any atom is -0.496 e. The fourth-order valence-corrected chi connectivity index (χ4v) is 2.30. The highest BCUT2D eigenvalue weighted by molar-refractivity contribution is 9.18. The number of hydrogen-bond acceptors (Lipinski definition) is 2. The minimum absolute atomic E-state index is 0.228. The first-order valence-electron chi connectivity index (χ1n) is 5.56. The zero-order chi connectivity index (χ0) is 13.9. The summed E-state index contributed by atoms with van der Waals surface area (Å²) in [7, 11) is 1.64. The van der Waals surface area contributed by atoms with Crippen molar-refractivity contribution in [2.24, 2.45) is 0 Å². The standard InChI is InChI=1S/C13H17BrClNO2/c1-8-5-9(15)6-10(11(8)18-4)13(2,3)7-16-12(14)17/h5-6H,7H2,1-4H3,(H,16,17). The molecule has 0 aliphatic heterocycles. The van der Waals surface area contributed by atoms with Crippen LogP contribution in [0.3, 0.4) is 0 Å². The van der Waals surface area contributed by atoms with Crippen molar-refractivity contribution in [3.63, 3.8) is 0 Å². The molecule has 5 heteroatoms. The van der Waals surface area contributed by atoms with Gasteiger partial charge in [0, 0.05) is 38.5 Å². The zero-order valence-electron chi connectivity index (χ0n) is 10.9. The van der Waals surface area contributed by atoms with Crippen LogP contribution in [0.1, 0.15) is 25.0 Å². The quantitative estimate of drug-likeness (QED) is 0.666. The van der Waals surface area contributed by atoms with Crippen LogP contribution in [0.5, 0.6) is 5.75 Å². The van der Waals surface area contributed by atoms with Gasteiger partial charge < -0.3 is 10.1 Å². The third-order valence-corrected chi connectivity index (χ3v) is 3.34. The van der Waals surface area contributed by atoms with Crippen LogP contribution in [0.15, 0.2) is 12.1 Å². The topological polar surface area (TPSA) is 38.3 Å². The number of methoxy groups -OCH3 is 1. The van der Waals surface area contributed by atoms with Gasteiger partial charge in [-0.25, -0.2) is 0 Å². The van der Waals surface area contributed by atoms with Crippen LogP contribution in [0.25, 0.3) is 0 Å². The van der Waals surface area contributed by atoms with Gasteiger partial charge in [0.1, 0.15) is 5.75 Å². The Balaban J connectivity index is 3.17. The number of hydrogen-bond donors (Lipinski definition) is 1. The van der Waals surface area contributed by atoms with Crippen LogP contribution in [-0.4, -0.2) is 18.5 Å². The predicted molar refractivity (Wildman–Crippen MR) is 78.1 cm³/mol. The fourth-order valence-electron chi connectivity index (χ4n) is 1.89. The number of rotatable bonds is 4. The molecule has 0 saturated heterocycles. The van der Waals surface area contributed by atoms with Crippen molar-refractivity contribution in [2.45, 2.75) is 26.2 Å². The smallest absolute Gasteiger partial charge is 0.287 e. The van der Waals surface area contributed by atoms with E-state index in [0.29, 0.717) is 11.6 Å². The predicted octanol–water partition coefficient (Wildman–Crippen LogP) is 4.04. The van der Waals surface area contributed by atoms with Gasteiger partial charge in [-0.2, -0.15) is 0 Å². The third-order valence-electron chi connectivity index (χ3n) is 2.84. The Bertz CT molecular complexity index is 461. The maximum absolute atomic E-state index is 11.0. The normalized spacial score (nSPS) is 11.2. The highest BCUT2D eigenvalue weighted by Crippen LogP contribution is 2.36. The molecule has 0 spiro atoms. The Kier molecular flexibility index (Phi) is 5.05. The van der Waals surface area contributed by atoms with Crippen molar-refractivity contribution in [1.82, 2.24) is 5.32 Å². The Morgan fingerprint density at radius 2 is 2.11 bits per heavy atom. The molecule has 0 saturated carbocycles. The van der Waals surface area contributed by atoms with Gasteiger partial charge in [-0.3, -0.25) is 4.79 Å². The lowest BCUT2D eigenvalue weighted by atomic mass is 9.83. The number of carbonyl (C=O) groups excluding carboxylic acids is 1. The Morgan fingerprint density at radius 1 is 1.50 bits per heavy atom. The maximum Gasteiger partial charge on any atom is 0.287 e. The first-order chi connectivity index (χ1) is 8.27. The van der Waals surface area contributed by atoms with E-state index in [9.17, 15) is 4.79 Å². The van der Waals surface area contributed by atoms with Crippen LogP contribution < -0.4 is 10.1 Å². The van der Waals surface area contributed by atoms with E-state index in [2.05, 4.69) is 21.2 Å². The molecule has 0 radical (unpaired) electrons. The average Bonchev–Trinajstić information content (AvgIpc) is 2.25. The van der Waals surface area contributed by atoms with Gasteiger partial charge in [0.15, 0.2) is 0 Å². The van der Waals surface area contributed by atoms with Crippen LogP contribution in [0.2, 0.25) is 5.02 Å². The first kappa shape index (κ1) is 15.3. The number of nitrogens with one attached hydrogen (secondary N) is 1. The molecular weight excluding hydrogens is 318 g/mol. The monoisotopic (exact) mass is 333 g/mol. The first-order valence-corrected chi connectivity index (χ1v) is 6.73. The van der Waals surface area contributed by atoms with Gasteiger partial charge in [0.05, 0.1) is 7.11 Å². The van der Waals surface area contributed by atoms with Gasteiger partial charge in [0.2, 0.25) is 0 Å². The molecule has 0 aliphatic carbocycles. The molecule has 0 heterocycles. The van der Waals surface area contributed by atoms with E-state index in [0.717, 1.165) is 16.9 Å². The molecule has 1 amide bonds. The summed E-state index contributed by atoms with van der Waals surface area (Å²) >= 11 is 8.95. The van der Waals surface area contributed by atoms with Crippen molar-refractivity contribution >= 4 is 32.3 Å². The van der Waals surface area contributed by atoms with Crippen LogP contribution in [0.4, 0.5) is 4.79 Å². The molecule has 0 atom stereocenters. The SMILES string of the molecule is COc1c(C)cc(Cl)cc1C(C)(C)CNC(=O)Br. The molecular formula is C13H17BrClNO2. The van der Waals surface area contributed by atoms with Crippen molar-refractivity contribution in [1.29, 1.82) is 0 Å². The van der Waals surface area contributed by atoms with Gasteiger partial charge in [-0.1, -0.05) is 25.4 Å². The summed E-state index contributed by atoms with van der Waals surface area (Å²) in [4.78, 5) is 10.7. The van der Waals surface area contributed by atoms with Crippen LogP contribution in [0, 0.1) is 6.92 Å². The lowest BCUT2D eigenvalue weighted by molar-refractivity contribution is 0.259. The second-order valence-electron chi connectivity index (χ2n) is 4.81. The van der Waals surface area contributed by atoms with E-state index in [1.165, 1.54) is 0 Å². The van der Waals surface area contributed by atoms with Gasteiger partial charge >= 0.3 is 0 Å². The van der Waals surface area contributed by atoms with Gasteiger partial charge in [-0.05, 0) is 24.6 Å². The second kappa shape index (κ2) is 5.93. The third kappa shape index (κ3) is 3.62. The van der Waals surface area contributed by atoms with Crippen molar-refractivity contribution in [3.05, 3.63) is 28.3 Å². The largest absolute Gasteiger partial charge is 0.496 e. The van der Waals surface area contributed by atoms with E-state index in [1.54, 1.807) is 7.11 Å². The number of halogens is 2. The zero-order valence-corrected chi connectivity index (χ0v) is 13.3.